The Kier molecular flexibility index (Phi) is 6.74. The molecule has 2 N–H and O–H groups in total. The molecule has 1 rings (SSSR count). The van der Waals surface area contributed by atoms with E-state index in [1.165, 1.54) is 0 Å². The van der Waals surface area contributed by atoms with Gasteiger partial charge < -0.3 is 5.32 Å². The Labute approximate surface area is 119 Å². The molecule has 0 radical (unpaired) electrons. The third-order valence-corrected chi connectivity index (χ3v) is 5.44. The highest BCUT2D eigenvalue weighted by Crippen LogP contribution is 2.14. The van der Waals surface area contributed by atoms with Gasteiger partial charge in [0.1, 0.15) is 0 Å². The highest BCUT2D eigenvalue weighted by Gasteiger charge is 2.13. The van der Waals surface area contributed by atoms with E-state index in [4.69, 9.17) is 0 Å². The Hall–Kier alpha value is -0.660. The number of hydrogen-bond donors (Lipinski definition) is 2. The zero-order chi connectivity index (χ0) is 14.3. The van der Waals surface area contributed by atoms with Gasteiger partial charge in [0.25, 0.3) is 0 Å². The predicted octanol–water partition coefficient (Wildman–Crippen LogP) is 2.36. The number of nitrogens with zero attached hydrogens (tertiary/aromatic N) is 1. The summed E-state index contributed by atoms with van der Waals surface area (Å²) in [6.07, 6.45) is 2.88. The van der Waals surface area contributed by atoms with Crippen molar-refractivity contribution in [2.75, 3.05) is 18.4 Å². The molecule has 1 heterocycles. The van der Waals surface area contributed by atoms with Crippen LogP contribution in [0.4, 0.5) is 5.13 Å². The van der Waals surface area contributed by atoms with Gasteiger partial charge in [-0.2, -0.15) is 0 Å². The lowest BCUT2D eigenvalue weighted by molar-refractivity contribution is 0.566. The molecule has 0 amide bonds. The van der Waals surface area contributed by atoms with Crippen LogP contribution in [0.5, 0.6) is 0 Å². The molecular formula is C12H23N3O2S2. The minimum atomic E-state index is -3.11. The lowest BCUT2D eigenvalue weighted by Gasteiger charge is -2.09. The second kappa shape index (κ2) is 7.81. The van der Waals surface area contributed by atoms with Crippen LogP contribution < -0.4 is 10.0 Å². The lowest BCUT2D eigenvalue weighted by Crippen LogP contribution is -2.31. The van der Waals surface area contributed by atoms with Crippen LogP contribution in [-0.4, -0.2) is 31.7 Å². The first-order valence-corrected chi connectivity index (χ1v) is 8.99. The van der Waals surface area contributed by atoms with Gasteiger partial charge in [0.05, 0.1) is 10.9 Å². The molecule has 0 aliphatic carbocycles. The number of anilines is 1. The van der Waals surface area contributed by atoms with Gasteiger partial charge >= 0.3 is 0 Å². The molecule has 0 atom stereocenters. The van der Waals surface area contributed by atoms with E-state index < -0.39 is 10.0 Å². The first-order valence-electron chi connectivity index (χ1n) is 6.56. The fourth-order valence-electron chi connectivity index (χ4n) is 1.44. The molecular weight excluding hydrogens is 282 g/mol. The number of nitrogens with one attached hydrogen (secondary N) is 2. The van der Waals surface area contributed by atoms with E-state index in [-0.39, 0.29) is 5.25 Å². The van der Waals surface area contributed by atoms with Gasteiger partial charge in [-0.3, -0.25) is 0 Å². The quantitative estimate of drug-likeness (QED) is 0.687. The van der Waals surface area contributed by atoms with Crippen molar-refractivity contribution in [1.29, 1.82) is 0 Å². The Morgan fingerprint density at radius 1 is 1.26 bits per heavy atom. The summed E-state index contributed by atoms with van der Waals surface area (Å²) in [5, 5.41) is 5.87. The fraction of sp³-hybridized carbons (Fsp3) is 0.750. The minimum absolute atomic E-state index is 0.359. The number of thiazole rings is 1. The molecule has 0 aliphatic heterocycles. The highest BCUT2D eigenvalue weighted by molar-refractivity contribution is 7.90. The van der Waals surface area contributed by atoms with Crippen LogP contribution in [0.15, 0.2) is 5.38 Å². The number of aromatic nitrogens is 1. The van der Waals surface area contributed by atoms with E-state index in [9.17, 15) is 8.42 Å². The topological polar surface area (TPSA) is 71.1 Å². The van der Waals surface area contributed by atoms with Crippen molar-refractivity contribution in [1.82, 2.24) is 9.71 Å². The normalized spacial score (nSPS) is 12.0. The van der Waals surface area contributed by atoms with Gasteiger partial charge in [-0.25, -0.2) is 18.1 Å². The molecule has 0 spiro atoms. The van der Waals surface area contributed by atoms with Crippen LogP contribution >= 0.6 is 11.3 Å². The smallest absolute Gasteiger partial charge is 0.213 e. The molecule has 0 aromatic carbocycles. The first-order chi connectivity index (χ1) is 8.92. The maximum absolute atomic E-state index is 11.5. The van der Waals surface area contributed by atoms with E-state index in [0.29, 0.717) is 6.54 Å². The van der Waals surface area contributed by atoms with Crippen LogP contribution in [-0.2, 0) is 10.0 Å². The number of hydrogen-bond acceptors (Lipinski definition) is 5. The Balaban J connectivity index is 2.03. The van der Waals surface area contributed by atoms with Gasteiger partial charge in [-0.15, -0.1) is 11.3 Å². The summed E-state index contributed by atoms with van der Waals surface area (Å²) in [4.78, 5) is 4.31. The minimum Gasteiger partial charge on any atom is -0.362 e. The molecule has 110 valence electrons. The van der Waals surface area contributed by atoms with Crippen LogP contribution in [0.1, 0.15) is 38.8 Å². The average molecular weight is 305 g/mol. The van der Waals surface area contributed by atoms with Gasteiger partial charge in [-0.1, -0.05) is 6.42 Å². The zero-order valence-corrected chi connectivity index (χ0v) is 13.4. The highest BCUT2D eigenvalue weighted by atomic mass is 32.2. The molecule has 7 heteroatoms. The summed E-state index contributed by atoms with van der Waals surface area (Å²) in [5.74, 6) is 0. The van der Waals surface area contributed by atoms with Crippen LogP contribution in [0.25, 0.3) is 0 Å². The van der Waals surface area contributed by atoms with Gasteiger partial charge in [0.2, 0.25) is 10.0 Å². The van der Waals surface area contributed by atoms with E-state index in [1.807, 2.05) is 12.3 Å². The van der Waals surface area contributed by atoms with Crippen molar-refractivity contribution in [2.24, 2.45) is 0 Å². The molecule has 0 aliphatic rings. The van der Waals surface area contributed by atoms with Crippen molar-refractivity contribution in [3.63, 3.8) is 0 Å². The average Bonchev–Trinajstić information content (AvgIpc) is 2.73. The summed E-state index contributed by atoms with van der Waals surface area (Å²) < 4.78 is 25.6. The second-order valence-corrected chi connectivity index (χ2v) is 7.95. The van der Waals surface area contributed by atoms with E-state index in [0.717, 1.165) is 36.6 Å². The molecule has 5 nitrogen and oxygen atoms in total. The van der Waals surface area contributed by atoms with Gasteiger partial charge in [0.15, 0.2) is 5.13 Å². The summed E-state index contributed by atoms with van der Waals surface area (Å²) in [6, 6.07) is 0. The maximum atomic E-state index is 11.5. The molecule has 19 heavy (non-hydrogen) atoms. The summed E-state index contributed by atoms with van der Waals surface area (Å²) in [7, 11) is -3.11. The number of rotatable bonds is 9. The number of aryl methyl sites for hydroxylation is 1. The van der Waals surface area contributed by atoms with Crippen molar-refractivity contribution < 1.29 is 8.42 Å². The van der Waals surface area contributed by atoms with Crippen LogP contribution in [0.2, 0.25) is 0 Å². The summed E-state index contributed by atoms with van der Waals surface area (Å²) >= 11 is 1.61. The van der Waals surface area contributed by atoms with E-state index in [1.54, 1.807) is 25.2 Å². The van der Waals surface area contributed by atoms with Crippen molar-refractivity contribution in [3.05, 3.63) is 11.1 Å². The van der Waals surface area contributed by atoms with Crippen LogP contribution in [0.3, 0.4) is 0 Å². The molecule has 0 fully saturated rings. The molecule has 1 aromatic rings. The van der Waals surface area contributed by atoms with E-state index in [2.05, 4.69) is 15.0 Å². The number of sulfonamides is 1. The predicted molar refractivity (Wildman–Crippen MR) is 81.3 cm³/mol. The van der Waals surface area contributed by atoms with E-state index >= 15 is 0 Å². The monoisotopic (exact) mass is 305 g/mol. The van der Waals surface area contributed by atoms with Gasteiger partial charge in [0, 0.05) is 18.5 Å². The Morgan fingerprint density at radius 3 is 2.53 bits per heavy atom. The largest absolute Gasteiger partial charge is 0.362 e. The van der Waals surface area contributed by atoms with Crippen LogP contribution in [0, 0.1) is 6.92 Å². The number of unbranched alkanes of at least 4 members (excludes halogenated alkanes) is 2. The zero-order valence-electron chi connectivity index (χ0n) is 11.8. The molecule has 1 aromatic heterocycles. The Morgan fingerprint density at radius 2 is 1.95 bits per heavy atom. The third-order valence-electron chi connectivity index (χ3n) is 2.67. The molecule has 0 unspecified atom stereocenters. The Bertz CT molecular complexity index is 469. The third kappa shape index (κ3) is 6.35. The molecule has 0 bridgehead atoms. The summed E-state index contributed by atoms with van der Waals surface area (Å²) in [5.41, 5.74) is 1.04. The van der Waals surface area contributed by atoms with Crippen molar-refractivity contribution in [2.45, 2.75) is 45.3 Å². The summed E-state index contributed by atoms with van der Waals surface area (Å²) in [6.45, 7) is 6.74. The first kappa shape index (κ1) is 16.4. The van der Waals surface area contributed by atoms with Crippen molar-refractivity contribution >= 4 is 26.5 Å². The fourth-order valence-corrected chi connectivity index (χ4v) is 2.92. The molecule has 0 saturated carbocycles. The second-order valence-electron chi connectivity index (χ2n) is 4.77. The van der Waals surface area contributed by atoms with Gasteiger partial charge in [-0.05, 0) is 33.6 Å². The SMILES string of the molecule is Cc1csc(NCCCCCNS(=O)(=O)C(C)C)n1. The standard InChI is InChI=1S/C12H23N3O2S2/c1-10(2)19(16,17)14-8-6-4-5-7-13-12-15-11(3)9-18-12/h9-10,14H,4-8H2,1-3H3,(H,13,15). The maximum Gasteiger partial charge on any atom is 0.213 e. The lowest BCUT2D eigenvalue weighted by atomic mass is 10.2. The van der Waals surface area contributed by atoms with Crippen molar-refractivity contribution in [3.8, 4) is 0 Å². The molecule has 0 saturated heterocycles.